The Morgan fingerprint density at radius 1 is 1.21 bits per heavy atom. The molecule has 1 aliphatic carbocycles. The highest BCUT2D eigenvalue weighted by molar-refractivity contribution is 5.79. The first kappa shape index (κ1) is 16.5. The van der Waals surface area contributed by atoms with Gasteiger partial charge in [0, 0.05) is 18.6 Å². The van der Waals surface area contributed by atoms with Crippen molar-refractivity contribution in [2.75, 3.05) is 6.61 Å². The molecule has 3 nitrogen and oxygen atoms in total. The van der Waals surface area contributed by atoms with E-state index in [0.717, 1.165) is 31.6 Å². The lowest BCUT2D eigenvalue weighted by molar-refractivity contribution is -0.127. The van der Waals surface area contributed by atoms with Gasteiger partial charge in [-0.15, -0.1) is 0 Å². The summed E-state index contributed by atoms with van der Waals surface area (Å²) in [6, 6.07) is 0.0536. The zero-order valence-corrected chi connectivity index (χ0v) is 13.2. The predicted octanol–water partition coefficient (Wildman–Crippen LogP) is 2.97. The van der Waals surface area contributed by atoms with Gasteiger partial charge in [-0.25, -0.2) is 0 Å². The molecule has 1 saturated carbocycles. The molecule has 0 bridgehead atoms. The smallest absolute Gasteiger partial charge is 0.223 e. The number of amides is 1. The van der Waals surface area contributed by atoms with Crippen LogP contribution in [0.1, 0.15) is 60.3 Å². The Bertz CT molecular complexity index is 288. The van der Waals surface area contributed by atoms with Crippen molar-refractivity contribution in [1.29, 1.82) is 0 Å². The number of nitrogens with one attached hydrogen (secondary N) is 1. The third-order valence-corrected chi connectivity index (χ3v) is 4.83. The molecule has 19 heavy (non-hydrogen) atoms. The van der Waals surface area contributed by atoms with E-state index < -0.39 is 0 Å². The van der Waals surface area contributed by atoms with Gasteiger partial charge in [-0.2, -0.15) is 0 Å². The van der Waals surface area contributed by atoms with E-state index in [1.807, 2.05) is 13.8 Å². The van der Waals surface area contributed by atoms with Crippen LogP contribution in [0.2, 0.25) is 0 Å². The molecular weight excluding hydrogens is 238 g/mol. The quantitative estimate of drug-likeness (QED) is 0.824. The van der Waals surface area contributed by atoms with E-state index in [1.165, 1.54) is 0 Å². The van der Waals surface area contributed by atoms with Gasteiger partial charge in [0.15, 0.2) is 0 Å². The number of carbonyl (C=O) groups is 1. The second kappa shape index (κ2) is 6.74. The number of carbonyl (C=O) groups excluding carboxylic acids is 1. The van der Waals surface area contributed by atoms with Gasteiger partial charge in [-0.3, -0.25) is 4.79 Å². The van der Waals surface area contributed by atoms with E-state index in [2.05, 4.69) is 26.1 Å². The summed E-state index contributed by atoms with van der Waals surface area (Å²) >= 11 is 0. The van der Waals surface area contributed by atoms with Crippen LogP contribution in [-0.4, -0.2) is 23.7 Å². The molecule has 0 heterocycles. The molecule has 112 valence electrons. The van der Waals surface area contributed by atoms with Gasteiger partial charge < -0.3 is 10.4 Å². The Labute approximate surface area is 118 Å². The second-order valence-electron chi connectivity index (χ2n) is 7.37. The number of aliphatic hydroxyl groups is 1. The molecule has 2 atom stereocenters. The minimum Gasteiger partial charge on any atom is -0.396 e. The summed E-state index contributed by atoms with van der Waals surface area (Å²) in [5, 5.41) is 12.2. The summed E-state index contributed by atoms with van der Waals surface area (Å²) < 4.78 is 0. The van der Waals surface area contributed by atoms with E-state index in [1.54, 1.807) is 0 Å². The standard InChI is InChI=1S/C16H31NO2/c1-11(10-18)12(2)17-15(19)13-6-8-14(9-7-13)16(3,4)5/h11-14,18H,6-10H2,1-5H3,(H,17,19). The average Bonchev–Trinajstić information content (AvgIpc) is 2.36. The van der Waals surface area contributed by atoms with Gasteiger partial charge in [-0.1, -0.05) is 27.7 Å². The molecule has 0 aliphatic heterocycles. The topological polar surface area (TPSA) is 49.3 Å². The van der Waals surface area contributed by atoms with E-state index in [4.69, 9.17) is 5.11 Å². The van der Waals surface area contributed by atoms with Crippen molar-refractivity contribution in [2.24, 2.45) is 23.2 Å². The van der Waals surface area contributed by atoms with Crippen molar-refractivity contribution < 1.29 is 9.90 Å². The molecule has 3 heteroatoms. The Kier molecular flexibility index (Phi) is 5.84. The van der Waals surface area contributed by atoms with Gasteiger partial charge >= 0.3 is 0 Å². The van der Waals surface area contributed by atoms with Gasteiger partial charge in [0.25, 0.3) is 0 Å². The van der Waals surface area contributed by atoms with Crippen molar-refractivity contribution in [3.8, 4) is 0 Å². The molecule has 2 unspecified atom stereocenters. The van der Waals surface area contributed by atoms with Crippen molar-refractivity contribution in [3.05, 3.63) is 0 Å². The molecular formula is C16H31NO2. The lowest BCUT2D eigenvalue weighted by Crippen LogP contribution is -2.43. The van der Waals surface area contributed by atoms with Crippen LogP contribution in [0.15, 0.2) is 0 Å². The van der Waals surface area contributed by atoms with Crippen LogP contribution < -0.4 is 5.32 Å². The van der Waals surface area contributed by atoms with Crippen LogP contribution in [0.5, 0.6) is 0 Å². The second-order valence-corrected chi connectivity index (χ2v) is 7.37. The van der Waals surface area contributed by atoms with E-state index in [9.17, 15) is 4.79 Å². The fraction of sp³-hybridized carbons (Fsp3) is 0.938. The Morgan fingerprint density at radius 2 is 1.74 bits per heavy atom. The lowest BCUT2D eigenvalue weighted by Gasteiger charge is -2.37. The SMILES string of the molecule is CC(CO)C(C)NC(=O)C1CCC(C(C)(C)C)CC1. The zero-order valence-electron chi connectivity index (χ0n) is 13.2. The van der Waals surface area contributed by atoms with Crippen LogP contribution in [0, 0.1) is 23.2 Å². The normalized spacial score (nSPS) is 27.7. The Morgan fingerprint density at radius 3 is 2.16 bits per heavy atom. The van der Waals surface area contributed by atoms with E-state index in [-0.39, 0.29) is 30.4 Å². The minimum atomic E-state index is 0.0536. The molecule has 1 fully saturated rings. The van der Waals surface area contributed by atoms with E-state index >= 15 is 0 Å². The first-order chi connectivity index (χ1) is 8.75. The highest BCUT2D eigenvalue weighted by Crippen LogP contribution is 2.39. The fourth-order valence-electron chi connectivity index (χ4n) is 2.86. The maximum Gasteiger partial charge on any atom is 0.223 e. The van der Waals surface area contributed by atoms with Gasteiger partial charge in [0.2, 0.25) is 5.91 Å². The summed E-state index contributed by atoms with van der Waals surface area (Å²) in [5.41, 5.74) is 0.361. The summed E-state index contributed by atoms with van der Waals surface area (Å²) in [6.07, 6.45) is 4.33. The average molecular weight is 269 g/mol. The first-order valence-corrected chi connectivity index (χ1v) is 7.67. The van der Waals surface area contributed by atoms with Crippen LogP contribution in [-0.2, 0) is 4.79 Å². The highest BCUT2D eigenvalue weighted by atomic mass is 16.3. The van der Waals surface area contributed by atoms with Crippen LogP contribution >= 0.6 is 0 Å². The Balaban J connectivity index is 2.41. The lowest BCUT2D eigenvalue weighted by atomic mass is 9.69. The molecule has 2 N–H and O–H groups in total. The number of aliphatic hydroxyl groups excluding tert-OH is 1. The van der Waals surface area contributed by atoms with Gasteiger partial charge in [0.05, 0.1) is 0 Å². The largest absolute Gasteiger partial charge is 0.396 e. The van der Waals surface area contributed by atoms with Gasteiger partial charge in [0.1, 0.15) is 0 Å². The molecule has 0 spiro atoms. The Hall–Kier alpha value is -0.570. The van der Waals surface area contributed by atoms with Crippen molar-refractivity contribution in [2.45, 2.75) is 66.3 Å². The molecule has 0 aromatic carbocycles. The fourth-order valence-corrected chi connectivity index (χ4v) is 2.86. The monoisotopic (exact) mass is 269 g/mol. The maximum atomic E-state index is 12.2. The first-order valence-electron chi connectivity index (χ1n) is 7.67. The van der Waals surface area contributed by atoms with Gasteiger partial charge in [-0.05, 0) is 49.9 Å². The molecule has 0 saturated heterocycles. The third-order valence-electron chi connectivity index (χ3n) is 4.83. The minimum absolute atomic E-state index is 0.0536. The van der Waals surface area contributed by atoms with Crippen molar-refractivity contribution >= 4 is 5.91 Å². The van der Waals surface area contributed by atoms with Crippen LogP contribution in [0.25, 0.3) is 0 Å². The van der Waals surface area contributed by atoms with E-state index in [0.29, 0.717) is 5.41 Å². The number of hydrogen-bond donors (Lipinski definition) is 2. The summed E-state index contributed by atoms with van der Waals surface area (Å²) in [7, 11) is 0. The molecule has 0 radical (unpaired) electrons. The molecule has 0 aromatic rings. The predicted molar refractivity (Wildman–Crippen MR) is 78.8 cm³/mol. The third kappa shape index (κ3) is 4.79. The summed E-state index contributed by atoms with van der Waals surface area (Å²) in [6.45, 7) is 10.9. The van der Waals surface area contributed by atoms with Crippen LogP contribution in [0.3, 0.4) is 0 Å². The number of hydrogen-bond acceptors (Lipinski definition) is 2. The highest BCUT2D eigenvalue weighted by Gasteiger charge is 2.32. The zero-order chi connectivity index (χ0) is 14.6. The summed E-state index contributed by atoms with van der Waals surface area (Å²) in [5.74, 6) is 1.22. The van der Waals surface area contributed by atoms with Crippen LogP contribution in [0.4, 0.5) is 0 Å². The molecule has 1 amide bonds. The number of rotatable bonds is 4. The maximum absolute atomic E-state index is 12.2. The molecule has 0 aromatic heterocycles. The van der Waals surface area contributed by atoms with Crippen molar-refractivity contribution in [1.82, 2.24) is 5.32 Å². The van der Waals surface area contributed by atoms with Crippen molar-refractivity contribution in [3.63, 3.8) is 0 Å². The molecule has 1 aliphatic rings. The summed E-state index contributed by atoms with van der Waals surface area (Å²) in [4.78, 5) is 12.2. The molecule has 1 rings (SSSR count).